The third kappa shape index (κ3) is 2.22. The zero-order chi connectivity index (χ0) is 9.10. The van der Waals surface area contributed by atoms with Gasteiger partial charge in [0.25, 0.3) is 0 Å². The highest BCUT2D eigenvalue weighted by molar-refractivity contribution is 4.90. The average molecular weight is 184 g/mol. The van der Waals surface area contributed by atoms with Crippen LogP contribution in [0.2, 0.25) is 0 Å². The quantitative estimate of drug-likeness (QED) is 0.599. The molecule has 2 heterocycles. The zero-order valence-corrected chi connectivity index (χ0v) is 8.21. The summed E-state index contributed by atoms with van der Waals surface area (Å²) in [5.41, 5.74) is 0. The highest BCUT2D eigenvalue weighted by atomic mass is 16.2. The zero-order valence-electron chi connectivity index (χ0n) is 8.21. The van der Waals surface area contributed by atoms with Crippen LogP contribution in [0.3, 0.4) is 0 Å². The molecule has 0 aliphatic carbocycles. The van der Waals surface area contributed by atoms with Crippen molar-refractivity contribution in [2.24, 2.45) is 11.8 Å². The molecule has 2 atom stereocenters. The fraction of sp³-hybridized carbons (Fsp3) is 1.00. The van der Waals surface area contributed by atoms with Gasteiger partial charge in [0.05, 0.1) is 0 Å². The summed E-state index contributed by atoms with van der Waals surface area (Å²) < 4.78 is 0. The molecular formula is C10H20N2O. The largest absolute Gasteiger partial charge is 0.396 e. The van der Waals surface area contributed by atoms with Crippen molar-refractivity contribution in [3.05, 3.63) is 0 Å². The first kappa shape index (κ1) is 9.44. The molecule has 2 aliphatic heterocycles. The lowest BCUT2D eigenvalue weighted by molar-refractivity contribution is 0.258. The third-order valence-corrected chi connectivity index (χ3v) is 3.35. The van der Waals surface area contributed by atoms with Crippen LogP contribution in [0.1, 0.15) is 12.8 Å². The van der Waals surface area contributed by atoms with Gasteiger partial charge in [-0.3, -0.25) is 0 Å². The summed E-state index contributed by atoms with van der Waals surface area (Å²) in [5.74, 6) is 1.82. The van der Waals surface area contributed by atoms with Gasteiger partial charge in [-0.05, 0) is 44.3 Å². The number of nitrogens with one attached hydrogen (secondary N) is 1. The van der Waals surface area contributed by atoms with Gasteiger partial charge in [-0.2, -0.15) is 0 Å². The van der Waals surface area contributed by atoms with Gasteiger partial charge in [0.1, 0.15) is 0 Å². The van der Waals surface area contributed by atoms with Gasteiger partial charge in [0.15, 0.2) is 0 Å². The topological polar surface area (TPSA) is 35.5 Å². The maximum atomic E-state index is 8.67. The average Bonchev–Trinajstić information content (AvgIpc) is 2.64. The summed E-state index contributed by atoms with van der Waals surface area (Å²) in [6, 6.07) is 0. The number of likely N-dealkylation sites (tertiary alicyclic amines) is 1. The molecule has 0 radical (unpaired) electrons. The SMILES string of the molecule is OCCCCN1CC2CNCC2C1. The molecule has 0 aromatic carbocycles. The van der Waals surface area contributed by atoms with Crippen molar-refractivity contribution in [1.82, 2.24) is 10.2 Å². The van der Waals surface area contributed by atoms with E-state index < -0.39 is 0 Å². The summed E-state index contributed by atoms with van der Waals surface area (Å²) in [7, 11) is 0. The van der Waals surface area contributed by atoms with Crippen molar-refractivity contribution < 1.29 is 5.11 Å². The Kier molecular flexibility index (Phi) is 3.19. The van der Waals surface area contributed by atoms with E-state index in [9.17, 15) is 0 Å². The molecule has 2 rings (SSSR count). The number of unbranched alkanes of at least 4 members (excludes halogenated alkanes) is 1. The minimum Gasteiger partial charge on any atom is -0.396 e. The van der Waals surface area contributed by atoms with Crippen LogP contribution in [-0.2, 0) is 0 Å². The molecule has 0 bridgehead atoms. The first-order valence-electron chi connectivity index (χ1n) is 5.44. The highest BCUT2D eigenvalue weighted by Crippen LogP contribution is 2.26. The lowest BCUT2D eigenvalue weighted by atomic mass is 10.0. The summed E-state index contributed by atoms with van der Waals surface area (Å²) in [6.07, 6.45) is 2.12. The van der Waals surface area contributed by atoms with E-state index in [4.69, 9.17) is 5.11 Å². The Morgan fingerprint density at radius 3 is 2.46 bits per heavy atom. The molecule has 2 fully saturated rings. The molecule has 2 N–H and O–H groups in total. The van der Waals surface area contributed by atoms with E-state index in [-0.39, 0.29) is 0 Å². The van der Waals surface area contributed by atoms with Gasteiger partial charge in [0, 0.05) is 19.7 Å². The summed E-state index contributed by atoms with van der Waals surface area (Å²) in [5, 5.41) is 12.1. The molecule has 13 heavy (non-hydrogen) atoms. The van der Waals surface area contributed by atoms with Crippen molar-refractivity contribution in [2.45, 2.75) is 12.8 Å². The van der Waals surface area contributed by atoms with Gasteiger partial charge in [-0.25, -0.2) is 0 Å². The van der Waals surface area contributed by atoms with E-state index >= 15 is 0 Å². The fourth-order valence-electron chi connectivity index (χ4n) is 2.58. The molecule has 0 aromatic heterocycles. The van der Waals surface area contributed by atoms with Crippen molar-refractivity contribution in [2.75, 3.05) is 39.3 Å². The van der Waals surface area contributed by atoms with Crippen LogP contribution in [-0.4, -0.2) is 49.3 Å². The van der Waals surface area contributed by atoms with Crippen molar-refractivity contribution in [3.63, 3.8) is 0 Å². The van der Waals surface area contributed by atoms with Crippen LogP contribution in [0, 0.1) is 11.8 Å². The molecule has 3 heteroatoms. The number of rotatable bonds is 4. The summed E-state index contributed by atoms with van der Waals surface area (Å²) in [4.78, 5) is 2.56. The monoisotopic (exact) mass is 184 g/mol. The lowest BCUT2D eigenvalue weighted by Crippen LogP contribution is -2.26. The van der Waals surface area contributed by atoms with Gasteiger partial charge in [0.2, 0.25) is 0 Å². The van der Waals surface area contributed by atoms with Crippen LogP contribution in [0.25, 0.3) is 0 Å². The van der Waals surface area contributed by atoms with E-state index in [0.717, 1.165) is 24.7 Å². The molecule has 2 saturated heterocycles. The van der Waals surface area contributed by atoms with E-state index in [2.05, 4.69) is 10.2 Å². The Hall–Kier alpha value is -0.120. The van der Waals surface area contributed by atoms with Gasteiger partial charge >= 0.3 is 0 Å². The predicted molar refractivity (Wildman–Crippen MR) is 52.6 cm³/mol. The summed E-state index contributed by atoms with van der Waals surface area (Å²) in [6.45, 7) is 6.55. The van der Waals surface area contributed by atoms with Crippen LogP contribution in [0.15, 0.2) is 0 Å². The normalized spacial score (nSPS) is 33.9. The van der Waals surface area contributed by atoms with Crippen molar-refractivity contribution in [3.8, 4) is 0 Å². The molecular weight excluding hydrogens is 164 g/mol. The van der Waals surface area contributed by atoms with Crippen LogP contribution >= 0.6 is 0 Å². The van der Waals surface area contributed by atoms with E-state index in [0.29, 0.717) is 6.61 Å². The van der Waals surface area contributed by atoms with E-state index in [1.807, 2.05) is 0 Å². The standard InChI is InChI=1S/C10H20N2O/c13-4-2-1-3-12-7-9-5-11-6-10(9)8-12/h9-11,13H,1-8H2. The maximum Gasteiger partial charge on any atom is 0.0431 e. The van der Waals surface area contributed by atoms with E-state index in [1.54, 1.807) is 0 Å². The van der Waals surface area contributed by atoms with Crippen molar-refractivity contribution in [1.29, 1.82) is 0 Å². The van der Waals surface area contributed by atoms with E-state index in [1.165, 1.54) is 32.7 Å². The Morgan fingerprint density at radius 2 is 1.85 bits per heavy atom. The molecule has 76 valence electrons. The Bertz CT molecular complexity index is 151. The molecule has 2 unspecified atom stereocenters. The van der Waals surface area contributed by atoms with Gasteiger partial charge < -0.3 is 15.3 Å². The first-order chi connectivity index (χ1) is 6.40. The highest BCUT2D eigenvalue weighted by Gasteiger charge is 2.35. The third-order valence-electron chi connectivity index (χ3n) is 3.35. The molecule has 3 nitrogen and oxygen atoms in total. The van der Waals surface area contributed by atoms with Crippen molar-refractivity contribution >= 4 is 0 Å². The van der Waals surface area contributed by atoms with Gasteiger partial charge in [-0.1, -0.05) is 0 Å². The Labute approximate surface area is 80.1 Å². The first-order valence-corrected chi connectivity index (χ1v) is 5.44. The van der Waals surface area contributed by atoms with Gasteiger partial charge in [-0.15, -0.1) is 0 Å². The number of hydrogen-bond donors (Lipinski definition) is 2. The van der Waals surface area contributed by atoms with Crippen LogP contribution in [0.4, 0.5) is 0 Å². The van der Waals surface area contributed by atoms with Crippen LogP contribution in [0.5, 0.6) is 0 Å². The second-order valence-electron chi connectivity index (χ2n) is 4.37. The molecule has 0 amide bonds. The summed E-state index contributed by atoms with van der Waals surface area (Å²) >= 11 is 0. The fourth-order valence-corrected chi connectivity index (χ4v) is 2.58. The number of aliphatic hydroxyl groups excluding tert-OH is 1. The number of aliphatic hydroxyl groups is 1. The second-order valence-corrected chi connectivity index (χ2v) is 4.37. The molecule has 2 aliphatic rings. The Morgan fingerprint density at radius 1 is 1.15 bits per heavy atom. The minimum atomic E-state index is 0.349. The second kappa shape index (κ2) is 4.40. The number of nitrogens with zero attached hydrogens (tertiary/aromatic N) is 1. The Balaban J connectivity index is 1.67. The smallest absolute Gasteiger partial charge is 0.0431 e. The number of fused-ring (bicyclic) bond motifs is 1. The minimum absolute atomic E-state index is 0.349. The molecule has 0 aromatic rings. The predicted octanol–water partition coefficient (Wildman–Crippen LogP) is -0.0899. The molecule has 0 spiro atoms. The molecule has 0 saturated carbocycles. The maximum absolute atomic E-state index is 8.67. The lowest BCUT2D eigenvalue weighted by Gasteiger charge is -2.16. The van der Waals surface area contributed by atoms with Crippen LogP contribution < -0.4 is 5.32 Å². The number of hydrogen-bond acceptors (Lipinski definition) is 3.